The minimum absolute atomic E-state index is 0.723. The van der Waals surface area contributed by atoms with Crippen LogP contribution in [0.4, 0.5) is 0 Å². The van der Waals surface area contributed by atoms with Gasteiger partial charge in [0, 0.05) is 19.1 Å². The summed E-state index contributed by atoms with van der Waals surface area (Å²) >= 11 is 0. The van der Waals surface area contributed by atoms with Gasteiger partial charge in [0.05, 0.1) is 0 Å². The first-order valence-corrected chi connectivity index (χ1v) is 6.65. The number of benzene rings is 1. The van der Waals surface area contributed by atoms with E-state index in [1.54, 1.807) is 0 Å². The third-order valence-electron chi connectivity index (χ3n) is 3.81. The third-order valence-corrected chi connectivity index (χ3v) is 3.81. The smallest absolute Gasteiger partial charge is 0.0239 e. The summed E-state index contributed by atoms with van der Waals surface area (Å²) in [7, 11) is 2.05. The van der Waals surface area contributed by atoms with Crippen molar-refractivity contribution >= 4 is 0 Å². The van der Waals surface area contributed by atoms with Gasteiger partial charge in [-0.1, -0.05) is 23.8 Å². The summed E-state index contributed by atoms with van der Waals surface area (Å²) in [6, 6.07) is 7.53. The molecule has 94 valence electrons. The molecule has 2 rings (SSSR count). The maximum absolute atomic E-state index is 3.31. The summed E-state index contributed by atoms with van der Waals surface area (Å²) in [5.41, 5.74) is 4.28. The van der Waals surface area contributed by atoms with Crippen LogP contribution in [0.3, 0.4) is 0 Å². The molecule has 1 aliphatic rings. The van der Waals surface area contributed by atoms with E-state index in [2.05, 4.69) is 42.3 Å². The Morgan fingerprint density at radius 1 is 1.35 bits per heavy atom. The Morgan fingerprint density at radius 2 is 2.18 bits per heavy atom. The van der Waals surface area contributed by atoms with Gasteiger partial charge in [-0.2, -0.15) is 0 Å². The van der Waals surface area contributed by atoms with Crippen molar-refractivity contribution in [2.45, 2.75) is 39.3 Å². The Balaban J connectivity index is 2.04. The molecule has 1 N–H and O–H groups in total. The molecule has 1 aliphatic heterocycles. The first-order valence-electron chi connectivity index (χ1n) is 6.65. The molecule has 17 heavy (non-hydrogen) atoms. The van der Waals surface area contributed by atoms with Crippen LogP contribution >= 0.6 is 0 Å². The van der Waals surface area contributed by atoms with Crippen LogP contribution in [0, 0.1) is 13.8 Å². The van der Waals surface area contributed by atoms with Crippen molar-refractivity contribution in [3.05, 3.63) is 34.9 Å². The monoisotopic (exact) mass is 232 g/mol. The second-order valence-electron chi connectivity index (χ2n) is 5.25. The molecule has 1 aromatic carbocycles. The largest absolute Gasteiger partial charge is 0.318 e. The molecule has 2 nitrogen and oxygen atoms in total. The first kappa shape index (κ1) is 12.6. The normalized spacial score (nSPS) is 21.0. The number of nitrogens with one attached hydrogen (secondary N) is 1. The molecular formula is C15H24N2. The predicted molar refractivity (Wildman–Crippen MR) is 73.3 cm³/mol. The highest BCUT2D eigenvalue weighted by Gasteiger charge is 2.23. The molecule has 1 aromatic rings. The zero-order valence-electron chi connectivity index (χ0n) is 11.3. The van der Waals surface area contributed by atoms with E-state index in [9.17, 15) is 0 Å². The fraction of sp³-hybridized carbons (Fsp3) is 0.600. The van der Waals surface area contributed by atoms with E-state index in [-0.39, 0.29) is 0 Å². The summed E-state index contributed by atoms with van der Waals surface area (Å²) in [6.07, 6.45) is 2.68. The lowest BCUT2D eigenvalue weighted by Gasteiger charge is -2.25. The first-order chi connectivity index (χ1) is 8.20. The zero-order valence-corrected chi connectivity index (χ0v) is 11.3. The van der Waals surface area contributed by atoms with Crippen molar-refractivity contribution in [2.24, 2.45) is 0 Å². The van der Waals surface area contributed by atoms with Gasteiger partial charge in [0.2, 0.25) is 0 Å². The van der Waals surface area contributed by atoms with Crippen LogP contribution in [0.15, 0.2) is 18.2 Å². The Morgan fingerprint density at radius 3 is 2.88 bits per heavy atom. The zero-order chi connectivity index (χ0) is 12.3. The third kappa shape index (κ3) is 3.08. The molecule has 1 fully saturated rings. The molecule has 2 heteroatoms. The van der Waals surface area contributed by atoms with Gasteiger partial charge in [-0.25, -0.2) is 0 Å². The second-order valence-corrected chi connectivity index (χ2v) is 5.25. The standard InChI is InChI=1S/C15H24N2/c1-12-6-7-14(13(2)9-12)11-17-8-4-5-15(17)10-16-3/h6-7,9,15-16H,4-5,8,10-11H2,1-3H3. The van der Waals surface area contributed by atoms with Gasteiger partial charge in [-0.15, -0.1) is 0 Å². The lowest BCUT2D eigenvalue weighted by molar-refractivity contribution is 0.242. The quantitative estimate of drug-likeness (QED) is 0.858. The number of nitrogens with zero attached hydrogens (tertiary/aromatic N) is 1. The highest BCUT2D eigenvalue weighted by molar-refractivity contribution is 5.30. The Kier molecular flexibility index (Phi) is 4.19. The Labute approximate surface area is 105 Å². The fourth-order valence-electron chi connectivity index (χ4n) is 2.81. The van der Waals surface area contributed by atoms with Crippen molar-refractivity contribution in [2.75, 3.05) is 20.1 Å². The van der Waals surface area contributed by atoms with Gasteiger partial charge in [0.15, 0.2) is 0 Å². The van der Waals surface area contributed by atoms with Gasteiger partial charge < -0.3 is 5.32 Å². The number of hydrogen-bond acceptors (Lipinski definition) is 2. The highest BCUT2D eigenvalue weighted by Crippen LogP contribution is 2.21. The van der Waals surface area contributed by atoms with E-state index in [0.29, 0.717) is 0 Å². The van der Waals surface area contributed by atoms with Crippen LogP contribution in [-0.2, 0) is 6.54 Å². The average molecular weight is 232 g/mol. The van der Waals surface area contributed by atoms with E-state index in [0.717, 1.165) is 19.1 Å². The number of aryl methyl sites for hydroxylation is 2. The molecular weight excluding hydrogens is 208 g/mol. The summed E-state index contributed by atoms with van der Waals surface area (Å²) in [4.78, 5) is 2.62. The van der Waals surface area contributed by atoms with Crippen LogP contribution in [0.5, 0.6) is 0 Å². The van der Waals surface area contributed by atoms with E-state index in [4.69, 9.17) is 0 Å². The van der Waals surface area contributed by atoms with Gasteiger partial charge in [-0.05, 0) is 51.4 Å². The van der Waals surface area contributed by atoms with Crippen LogP contribution in [0.2, 0.25) is 0 Å². The topological polar surface area (TPSA) is 15.3 Å². The van der Waals surface area contributed by atoms with E-state index in [1.165, 1.54) is 36.1 Å². The molecule has 1 atom stereocenters. The molecule has 0 radical (unpaired) electrons. The molecule has 0 spiro atoms. The van der Waals surface area contributed by atoms with Crippen molar-refractivity contribution in [3.63, 3.8) is 0 Å². The number of likely N-dealkylation sites (N-methyl/N-ethyl adjacent to an activating group) is 1. The molecule has 0 aliphatic carbocycles. The molecule has 0 amide bonds. The molecule has 0 bridgehead atoms. The maximum atomic E-state index is 3.31. The average Bonchev–Trinajstić information content (AvgIpc) is 2.71. The summed E-state index contributed by atoms with van der Waals surface area (Å²) in [5, 5.41) is 3.31. The molecule has 0 saturated carbocycles. The van der Waals surface area contributed by atoms with Crippen molar-refractivity contribution in [3.8, 4) is 0 Å². The number of hydrogen-bond donors (Lipinski definition) is 1. The van der Waals surface area contributed by atoms with Gasteiger partial charge >= 0.3 is 0 Å². The second kappa shape index (κ2) is 5.65. The number of rotatable bonds is 4. The van der Waals surface area contributed by atoms with Crippen molar-refractivity contribution in [1.82, 2.24) is 10.2 Å². The van der Waals surface area contributed by atoms with E-state index >= 15 is 0 Å². The van der Waals surface area contributed by atoms with Gasteiger partial charge in [0.25, 0.3) is 0 Å². The minimum Gasteiger partial charge on any atom is -0.318 e. The minimum atomic E-state index is 0.723. The summed E-state index contributed by atoms with van der Waals surface area (Å²) < 4.78 is 0. The van der Waals surface area contributed by atoms with Crippen LogP contribution in [0.25, 0.3) is 0 Å². The molecule has 1 saturated heterocycles. The fourth-order valence-corrected chi connectivity index (χ4v) is 2.81. The van der Waals surface area contributed by atoms with E-state index in [1.807, 2.05) is 7.05 Å². The predicted octanol–water partition coefficient (Wildman–Crippen LogP) is 2.49. The van der Waals surface area contributed by atoms with Crippen LogP contribution in [0.1, 0.15) is 29.5 Å². The molecule has 0 aromatic heterocycles. The highest BCUT2D eigenvalue weighted by atomic mass is 15.2. The number of likely N-dealkylation sites (tertiary alicyclic amines) is 1. The lowest BCUT2D eigenvalue weighted by atomic mass is 10.0. The lowest BCUT2D eigenvalue weighted by Crippen LogP contribution is -2.36. The van der Waals surface area contributed by atoms with E-state index < -0.39 is 0 Å². The van der Waals surface area contributed by atoms with Crippen molar-refractivity contribution in [1.29, 1.82) is 0 Å². The van der Waals surface area contributed by atoms with Gasteiger partial charge in [0.1, 0.15) is 0 Å². The molecule has 1 unspecified atom stereocenters. The maximum Gasteiger partial charge on any atom is 0.0239 e. The Hall–Kier alpha value is -0.860. The summed E-state index contributed by atoms with van der Waals surface area (Å²) in [6.45, 7) is 7.87. The van der Waals surface area contributed by atoms with Crippen LogP contribution in [-0.4, -0.2) is 31.1 Å². The summed E-state index contributed by atoms with van der Waals surface area (Å²) in [5.74, 6) is 0. The van der Waals surface area contributed by atoms with Crippen LogP contribution < -0.4 is 5.32 Å². The van der Waals surface area contributed by atoms with Gasteiger partial charge in [-0.3, -0.25) is 4.90 Å². The SMILES string of the molecule is CNCC1CCCN1Cc1ccc(C)cc1C. The molecule has 1 heterocycles. The Bertz CT molecular complexity index is 373. The van der Waals surface area contributed by atoms with Crippen molar-refractivity contribution < 1.29 is 0 Å².